The van der Waals surface area contributed by atoms with E-state index in [2.05, 4.69) is 80.9 Å². The molecule has 0 fully saturated rings. The standard InChI is InChI=1S/C25H34N2O/c1-18(2)27(19(3)4)17-25(28-22-11-7-6-8-12-22)20(5)16-21-10-9-13-24-23(21)14-15-26-24/h6-15,18-20,25-26H,16-17H2,1-5H3. The SMILES string of the molecule is CC(Cc1cccc2[nH]ccc12)C(CN(C(C)C)C(C)C)Oc1ccccc1. The molecule has 0 aliphatic carbocycles. The maximum atomic E-state index is 6.52. The van der Waals surface area contributed by atoms with Gasteiger partial charge in [0, 0.05) is 35.7 Å². The van der Waals surface area contributed by atoms with Crippen LogP contribution in [0, 0.1) is 5.92 Å². The molecule has 0 saturated carbocycles. The lowest BCUT2D eigenvalue weighted by atomic mass is 9.93. The molecule has 0 amide bonds. The van der Waals surface area contributed by atoms with Gasteiger partial charge in [-0.2, -0.15) is 0 Å². The predicted molar refractivity (Wildman–Crippen MR) is 119 cm³/mol. The molecule has 2 atom stereocenters. The quantitative estimate of drug-likeness (QED) is 0.501. The van der Waals surface area contributed by atoms with Crippen molar-refractivity contribution in [1.82, 2.24) is 9.88 Å². The maximum absolute atomic E-state index is 6.52. The Balaban J connectivity index is 1.83. The van der Waals surface area contributed by atoms with Gasteiger partial charge < -0.3 is 9.72 Å². The zero-order valence-corrected chi connectivity index (χ0v) is 17.9. The van der Waals surface area contributed by atoms with Crippen LogP contribution in [-0.2, 0) is 6.42 Å². The Morgan fingerprint density at radius 3 is 2.25 bits per heavy atom. The highest BCUT2D eigenvalue weighted by molar-refractivity contribution is 5.82. The Labute approximate surface area is 169 Å². The zero-order valence-electron chi connectivity index (χ0n) is 17.9. The molecule has 1 aromatic heterocycles. The van der Waals surface area contributed by atoms with Crippen LogP contribution in [0.15, 0.2) is 60.8 Å². The highest BCUT2D eigenvalue weighted by Gasteiger charge is 2.26. The molecule has 3 heteroatoms. The van der Waals surface area contributed by atoms with E-state index >= 15 is 0 Å². The minimum atomic E-state index is 0.126. The van der Waals surface area contributed by atoms with E-state index in [1.54, 1.807) is 0 Å². The Bertz CT molecular complexity index is 845. The van der Waals surface area contributed by atoms with Gasteiger partial charge in [-0.1, -0.05) is 37.3 Å². The van der Waals surface area contributed by atoms with Crippen LogP contribution in [0.5, 0.6) is 5.75 Å². The minimum Gasteiger partial charge on any atom is -0.489 e. The average molecular weight is 379 g/mol. The van der Waals surface area contributed by atoms with E-state index in [9.17, 15) is 0 Å². The first kappa shape index (κ1) is 20.5. The number of fused-ring (bicyclic) bond motifs is 1. The molecular formula is C25H34N2O. The van der Waals surface area contributed by atoms with Gasteiger partial charge in [0.2, 0.25) is 0 Å². The molecule has 2 aromatic carbocycles. The molecule has 0 saturated heterocycles. The van der Waals surface area contributed by atoms with Crippen LogP contribution >= 0.6 is 0 Å². The van der Waals surface area contributed by atoms with Gasteiger partial charge >= 0.3 is 0 Å². The molecule has 28 heavy (non-hydrogen) atoms. The third-order valence-electron chi connectivity index (χ3n) is 5.61. The lowest BCUT2D eigenvalue weighted by Gasteiger charge is -2.36. The summed E-state index contributed by atoms with van der Waals surface area (Å²) in [7, 11) is 0. The highest BCUT2D eigenvalue weighted by atomic mass is 16.5. The fourth-order valence-corrected chi connectivity index (χ4v) is 4.04. The van der Waals surface area contributed by atoms with Crippen LogP contribution < -0.4 is 4.74 Å². The summed E-state index contributed by atoms with van der Waals surface area (Å²) < 4.78 is 6.52. The number of H-pyrrole nitrogens is 1. The maximum Gasteiger partial charge on any atom is 0.119 e. The number of hydrogen-bond acceptors (Lipinski definition) is 2. The summed E-state index contributed by atoms with van der Waals surface area (Å²) >= 11 is 0. The molecule has 0 aliphatic rings. The van der Waals surface area contributed by atoms with Crippen LogP contribution in [0.2, 0.25) is 0 Å². The molecule has 1 heterocycles. The summed E-state index contributed by atoms with van der Waals surface area (Å²) in [6, 6.07) is 19.9. The summed E-state index contributed by atoms with van der Waals surface area (Å²) in [5.74, 6) is 1.34. The molecule has 0 bridgehead atoms. The topological polar surface area (TPSA) is 28.3 Å². The van der Waals surface area contributed by atoms with E-state index in [4.69, 9.17) is 4.74 Å². The molecular weight excluding hydrogens is 344 g/mol. The number of aromatic nitrogens is 1. The van der Waals surface area contributed by atoms with Crippen molar-refractivity contribution >= 4 is 10.9 Å². The van der Waals surface area contributed by atoms with Gasteiger partial charge in [0.05, 0.1) is 0 Å². The smallest absolute Gasteiger partial charge is 0.119 e. The largest absolute Gasteiger partial charge is 0.489 e. The molecule has 0 spiro atoms. The van der Waals surface area contributed by atoms with Crippen LogP contribution in [0.4, 0.5) is 0 Å². The van der Waals surface area contributed by atoms with E-state index in [0.717, 1.165) is 18.7 Å². The van der Waals surface area contributed by atoms with Crippen molar-refractivity contribution in [2.75, 3.05) is 6.54 Å². The fraction of sp³-hybridized carbons (Fsp3) is 0.440. The van der Waals surface area contributed by atoms with Crippen molar-refractivity contribution in [3.8, 4) is 5.75 Å². The third kappa shape index (κ3) is 4.96. The van der Waals surface area contributed by atoms with Crippen LogP contribution in [0.25, 0.3) is 10.9 Å². The van der Waals surface area contributed by atoms with Gasteiger partial charge in [-0.15, -0.1) is 0 Å². The van der Waals surface area contributed by atoms with Crippen LogP contribution in [0.1, 0.15) is 40.2 Å². The fourth-order valence-electron chi connectivity index (χ4n) is 4.04. The number of para-hydroxylation sites is 1. The lowest BCUT2D eigenvalue weighted by molar-refractivity contribution is 0.0601. The van der Waals surface area contributed by atoms with E-state index in [1.807, 2.05) is 24.4 Å². The van der Waals surface area contributed by atoms with Crippen molar-refractivity contribution in [1.29, 1.82) is 0 Å². The molecule has 2 unspecified atom stereocenters. The summed E-state index contributed by atoms with van der Waals surface area (Å²) in [6.45, 7) is 12.3. The first-order valence-electron chi connectivity index (χ1n) is 10.5. The van der Waals surface area contributed by atoms with E-state index in [0.29, 0.717) is 18.0 Å². The second-order valence-corrected chi connectivity index (χ2v) is 8.39. The number of benzene rings is 2. The van der Waals surface area contributed by atoms with Crippen molar-refractivity contribution in [2.24, 2.45) is 5.92 Å². The molecule has 150 valence electrons. The van der Waals surface area contributed by atoms with Gasteiger partial charge in [-0.3, -0.25) is 4.90 Å². The first-order chi connectivity index (χ1) is 13.5. The number of ether oxygens (including phenoxy) is 1. The summed E-state index contributed by atoms with van der Waals surface area (Å²) in [4.78, 5) is 5.85. The number of rotatable bonds is 9. The first-order valence-corrected chi connectivity index (χ1v) is 10.5. The van der Waals surface area contributed by atoms with Crippen LogP contribution in [0.3, 0.4) is 0 Å². The van der Waals surface area contributed by atoms with E-state index in [-0.39, 0.29) is 6.10 Å². The predicted octanol–water partition coefficient (Wildman–Crippen LogP) is 5.91. The molecule has 0 radical (unpaired) electrons. The highest BCUT2D eigenvalue weighted by Crippen LogP contribution is 2.25. The molecule has 3 aromatic rings. The van der Waals surface area contributed by atoms with Gasteiger partial charge in [0.15, 0.2) is 0 Å². The summed E-state index contributed by atoms with van der Waals surface area (Å²) in [5, 5.41) is 1.32. The summed E-state index contributed by atoms with van der Waals surface area (Å²) in [5.41, 5.74) is 2.59. The monoisotopic (exact) mass is 378 g/mol. The minimum absolute atomic E-state index is 0.126. The second-order valence-electron chi connectivity index (χ2n) is 8.39. The number of hydrogen-bond donors (Lipinski definition) is 1. The van der Waals surface area contributed by atoms with Gasteiger partial charge in [0.1, 0.15) is 11.9 Å². The Kier molecular flexibility index (Phi) is 6.79. The van der Waals surface area contributed by atoms with Crippen molar-refractivity contribution in [3.05, 3.63) is 66.4 Å². The Morgan fingerprint density at radius 2 is 1.57 bits per heavy atom. The average Bonchev–Trinajstić information content (AvgIpc) is 3.15. The van der Waals surface area contributed by atoms with Crippen molar-refractivity contribution in [2.45, 2.75) is 59.2 Å². The normalized spacial score (nSPS) is 14.1. The number of nitrogens with zero attached hydrogens (tertiary/aromatic N) is 1. The second kappa shape index (κ2) is 9.29. The third-order valence-corrected chi connectivity index (χ3v) is 5.61. The molecule has 1 N–H and O–H groups in total. The lowest BCUT2D eigenvalue weighted by Crippen LogP contribution is -2.46. The number of aromatic amines is 1. The molecule has 3 rings (SSSR count). The number of nitrogens with one attached hydrogen (secondary N) is 1. The van der Waals surface area contributed by atoms with E-state index in [1.165, 1.54) is 16.5 Å². The van der Waals surface area contributed by atoms with E-state index < -0.39 is 0 Å². The summed E-state index contributed by atoms with van der Waals surface area (Å²) in [6.07, 6.45) is 3.15. The zero-order chi connectivity index (χ0) is 20.1. The van der Waals surface area contributed by atoms with Crippen LogP contribution in [-0.4, -0.2) is 34.6 Å². The molecule has 0 aliphatic heterocycles. The van der Waals surface area contributed by atoms with Crippen molar-refractivity contribution < 1.29 is 4.74 Å². The van der Waals surface area contributed by atoms with Gasteiger partial charge in [-0.05, 0) is 69.9 Å². The van der Waals surface area contributed by atoms with Gasteiger partial charge in [0.25, 0.3) is 0 Å². The van der Waals surface area contributed by atoms with Crippen molar-refractivity contribution in [3.63, 3.8) is 0 Å². The Hall–Kier alpha value is -2.26. The Morgan fingerprint density at radius 1 is 0.857 bits per heavy atom. The van der Waals surface area contributed by atoms with Gasteiger partial charge in [-0.25, -0.2) is 0 Å². The molecule has 3 nitrogen and oxygen atoms in total.